The number of nitrogens with zero attached hydrogens (tertiary/aromatic N) is 2. The van der Waals surface area contributed by atoms with Crippen molar-refractivity contribution >= 4 is 40.7 Å². The van der Waals surface area contributed by atoms with Gasteiger partial charge in [-0.1, -0.05) is 43.0 Å². The van der Waals surface area contributed by atoms with Crippen molar-refractivity contribution in [1.29, 1.82) is 0 Å². The van der Waals surface area contributed by atoms with Gasteiger partial charge in [-0.15, -0.1) is 0 Å². The highest BCUT2D eigenvalue weighted by Crippen LogP contribution is 2.43. The summed E-state index contributed by atoms with van der Waals surface area (Å²) in [5, 5.41) is 11.6. The number of pyridine rings is 1. The van der Waals surface area contributed by atoms with E-state index in [1.807, 2.05) is 0 Å². The molecular weight excluding hydrogens is 427 g/mol. The molecule has 1 N–H and O–H groups in total. The number of rotatable bonds is 7. The Balaban J connectivity index is 2.20. The Hall–Kier alpha value is -2.57. The number of methoxy groups -OCH3 is 1. The minimum Gasteiger partial charge on any atom is -0.507 e. The van der Waals surface area contributed by atoms with Crippen LogP contribution in [0.4, 0.5) is 0 Å². The molecule has 2 aromatic rings. The number of unbranched alkanes of at least 4 members (excludes halogenated alkanes) is 2. The Morgan fingerprint density at radius 3 is 2.53 bits per heavy atom. The Labute approximate surface area is 185 Å². The predicted octanol–water partition coefficient (Wildman–Crippen LogP) is 5.01. The number of ether oxygens (including phenoxy) is 1. The van der Waals surface area contributed by atoms with E-state index in [-0.39, 0.29) is 32.7 Å². The van der Waals surface area contributed by atoms with E-state index in [4.69, 9.17) is 27.9 Å². The average molecular weight is 449 g/mol. The van der Waals surface area contributed by atoms with Crippen LogP contribution in [0.2, 0.25) is 10.0 Å². The van der Waals surface area contributed by atoms with Gasteiger partial charge in [0.1, 0.15) is 11.5 Å². The van der Waals surface area contributed by atoms with Gasteiger partial charge >= 0.3 is 0 Å². The lowest BCUT2D eigenvalue weighted by molar-refractivity contribution is -0.139. The number of hydrogen-bond donors (Lipinski definition) is 1. The summed E-state index contributed by atoms with van der Waals surface area (Å²) in [5.74, 6) is -1.62. The first-order chi connectivity index (χ1) is 14.4. The number of hydrogen-bond acceptors (Lipinski definition) is 5. The van der Waals surface area contributed by atoms with E-state index in [0.717, 1.165) is 19.3 Å². The molecule has 3 rings (SSSR count). The normalized spacial score (nSPS) is 18.1. The molecule has 6 nitrogen and oxygen atoms in total. The molecule has 1 saturated heterocycles. The van der Waals surface area contributed by atoms with E-state index in [1.54, 1.807) is 24.5 Å². The van der Waals surface area contributed by atoms with E-state index in [9.17, 15) is 14.7 Å². The van der Waals surface area contributed by atoms with E-state index in [1.165, 1.54) is 24.1 Å². The topological polar surface area (TPSA) is 79.7 Å². The van der Waals surface area contributed by atoms with Crippen molar-refractivity contribution in [3.05, 3.63) is 63.4 Å². The van der Waals surface area contributed by atoms with Crippen LogP contribution in [0.5, 0.6) is 5.75 Å². The standard InChI is InChI=1S/C22H22Cl2N2O4/c1-3-4-5-10-26-18(13-6-8-25-9-7-13)17(20(28)22(26)29)19(27)15-11-14(23)12-16(24)21(15)30-2/h6-9,11-12,18,27H,3-5,10H2,1-2H3/b19-17+. The fourth-order valence-corrected chi connectivity index (χ4v) is 4.19. The summed E-state index contributed by atoms with van der Waals surface area (Å²) in [6.07, 6.45) is 5.81. The molecule has 2 heterocycles. The molecular formula is C22H22Cl2N2O4. The maximum absolute atomic E-state index is 13.0. The molecule has 158 valence electrons. The number of Topliss-reactive ketones (excluding diaryl/α,β-unsaturated/α-hetero) is 1. The molecule has 0 radical (unpaired) electrons. The third-order valence-corrected chi connectivity index (χ3v) is 5.53. The Bertz CT molecular complexity index is 992. The third kappa shape index (κ3) is 4.16. The SMILES string of the molecule is CCCCCN1C(=O)C(=O)/C(=C(/O)c2cc(Cl)cc(Cl)c2OC)C1c1ccncc1. The van der Waals surface area contributed by atoms with Crippen molar-refractivity contribution in [2.75, 3.05) is 13.7 Å². The first-order valence-corrected chi connectivity index (χ1v) is 10.4. The van der Waals surface area contributed by atoms with Crippen LogP contribution in [0, 0.1) is 0 Å². The van der Waals surface area contributed by atoms with Crippen molar-refractivity contribution < 1.29 is 19.4 Å². The predicted molar refractivity (Wildman–Crippen MR) is 116 cm³/mol. The van der Waals surface area contributed by atoms with Crippen LogP contribution in [-0.2, 0) is 9.59 Å². The zero-order chi connectivity index (χ0) is 21.8. The van der Waals surface area contributed by atoms with E-state index >= 15 is 0 Å². The Morgan fingerprint density at radius 1 is 1.20 bits per heavy atom. The van der Waals surface area contributed by atoms with Crippen molar-refractivity contribution in [1.82, 2.24) is 9.88 Å². The van der Waals surface area contributed by atoms with Gasteiger partial charge in [-0.05, 0) is 36.2 Å². The smallest absolute Gasteiger partial charge is 0.295 e. The summed E-state index contributed by atoms with van der Waals surface area (Å²) >= 11 is 12.3. The number of aromatic nitrogens is 1. The second-order valence-corrected chi connectivity index (χ2v) is 7.79. The molecule has 0 spiro atoms. The van der Waals surface area contributed by atoms with Gasteiger partial charge in [0.25, 0.3) is 11.7 Å². The van der Waals surface area contributed by atoms with Crippen LogP contribution >= 0.6 is 23.2 Å². The average Bonchev–Trinajstić information content (AvgIpc) is 2.98. The number of halogens is 2. The molecule has 1 aliphatic heterocycles. The number of ketones is 1. The first-order valence-electron chi connectivity index (χ1n) is 9.62. The molecule has 1 atom stereocenters. The summed E-state index contributed by atoms with van der Waals surface area (Å²) in [7, 11) is 1.40. The molecule has 1 aliphatic rings. The quantitative estimate of drug-likeness (QED) is 0.278. The molecule has 1 amide bonds. The number of carbonyl (C=O) groups excluding carboxylic acids is 2. The largest absolute Gasteiger partial charge is 0.507 e. The lowest BCUT2D eigenvalue weighted by Gasteiger charge is -2.25. The zero-order valence-corrected chi connectivity index (χ0v) is 18.2. The van der Waals surface area contributed by atoms with E-state index in [2.05, 4.69) is 11.9 Å². The lowest BCUT2D eigenvalue weighted by Crippen LogP contribution is -2.30. The minimum atomic E-state index is -0.760. The highest BCUT2D eigenvalue weighted by molar-refractivity contribution is 6.46. The Morgan fingerprint density at radius 2 is 1.90 bits per heavy atom. The Kier molecular flexibility index (Phi) is 7.00. The van der Waals surface area contributed by atoms with Crippen LogP contribution < -0.4 is 4.74 Å². The van der Waals surface area contributed by atoms with E-state index in [0.29, 0.717) is 12.1 Å². The van der Waals surface area contributed by atoms with Gasteiger partial charge in [0.2, 0.25) is 0 Å². The van der Waals surface area contributed by atoms with Crippen molar-refractivity contribution in [3.63, 3.8) is 0 Å². The number of amides is 1. The van der Waals surface area contributed by atoms with Gasteiger partial charge in [0, 0.05) is 24.0 Å². The monoisotopic (exact) mass is 448 g/mol. The summed E-state index contributed by atoms with van der Waals surface area (Å²) in [6.45, 7) is 2.46. The molecule has 8 heteroatoms. The molecule has 1 aromatic carbocycles. The number of benzene rings is 1. The number of aliphatic hydroxyl groups excluding tert-OH is 1. The summed E-state index contributed by atoms with van der Waals surface area (Å²) in [4.78, 5) is 31.3. The second kappa shape index (κ2) is 9.49. The lowest BCUT2D eigenvalue weighted by atomic mass is 9.95. The maximum Gasteiger partial charge on any atom is 0.295 e. The molecule has 0 saturated carbocycles. The van der Waals surface area contributed by atoms with Crippen LogP contribution in [0.15, 0.2) is 42.2 Å². The number of carbonyl (C=O) groups is 2. The van der Waals surface area contributed by atoms with Gasteiger partial charge in [0.05, 0.1) is 29.3 Å². The van der Waals surface area contributed by atoms with Crippen molar-refractivity contribution in [3.8, 4) is 5.75 Å². The molecule has 0 aliphatic carbocycles. The molecule has 1 aromatic heterocycles. The number of likely N-dealkylation sites (tertiary alicyclic amines) is 1. The summed E-state index contributed by atoms with van der Waals surface area (Å²) < 4.78 is 5.32. The van der Waals surface area contributed by atoms with Crippen molar-refractivity contribution in [2.24, 2.45) is 0 Å². The molecule has 30 heavy (non-hydrogen) atoms. The highest BCUT2D eigenvalue weighted by Gasteiger charge is 2.46. The molecule has 1 unspecified atom stereocenters. The zero-order valence-electron chi connectivity index (χ0n) is 16.7. The summed E-state index contributed by atoms with van der Waals surface area (Å²) in [5.41, 5.74) is 0.800. The first kappa shape index (κ1) is 22.1. The molecule has 1 fully saturated rings. The van der Waals surface area contributed by atoms with Crippen molar-refractivity contribution in [2.45, 2.75) is 32.2 Å². The minimum absolute atomic E-state index is 0.0284. The van der Waals surface area contributed by atoms with Gasteiger partial charge in [-0.3, -0.25) is 14.6 Å². The fourth-order valence-electron chi connectivity index (χ4n) is 3.62. The van der Waals surface area contributed by atoms with Crippen LogP contribution in [-0.4, -0.2) is 40.3 Å². The van der Waals surface area contributed by atoms with Gasteiger partial charge in [-0.2, -0.15) is 0 Å². The fraction of sp³-hybridized carbons (Fsp3) is 0.318. The van der Waals surface area contributed by atoms with Crippen LogP contribution in [0.25, 0.3) is 5.76 Å². The van der Waals surface area contributed by atoms with Crippen LogP contribution in [0.1, 0.15) is 43.4 Å². The maximum atomic E-state index is 13.0. The molecule has 0 bridgehead atoms. The number of aliphatic hydroxyl groups is 1. The van der Waals surface area contributed by atoms with Gasteiger partial charge in [0.15, 0.2) is 0 Å². The van der Waals surface area contributed by atoms with E-state index < -0.39 is 17.7 Å². The summed E-state index contributed by atoms with van der Waals surface area (Å²) in [6, 6.07) is 5.63. The third-order valence-electron chi connectivity index (χ3n) is 5.03. The highest BCUT2D eigenvalue weighted by atomic mass is 35.5. The van der Waals surface area contributed by atoms with Crippen LogP contribution in [0.3, 0.4) is 0 Å². The second-order valence-electron chi connectivity index (χ2n) is 6.95. The van der Waals surface area contributed by atoms with Gasteiger partial charge in [-0.25, -0.2) is 0 Å². The van der Waals surface area contributed by atoms with Gasteiger partial charge < -0.3 is 14.7 Å².